The summed E-state index contributed by atoms with van der Waals surface area (Å²) in [6, 6.07) is 8.07. The maximum absolute atomic E-state index is 15.5. The molecule has 0 spiro atoms. The van der Waals surface area contributed by atoms with Gasteiger partial charge in [-0.2, -0.15) is 0 Å². The molecule has 1 aromatic carbocycles. The van der Waals surface area contributed by atoms with Crippen molar-refractivity contribution >= 4 is 24.0 Å². The number of amides is 3. The van der Waals surface area contributed by atoms with E-state index in [2.05, 4.69) is 20.6 Å². The van der Waals surface area contributed by atoms with Crippen molar-refractivity contribution in [3.63, 3.8) is 0 Å². The molecule has 2 aromatic heterocycles. The van der Waals surface area contributed by atoms with Crippen LogP contribution in [0.1, 0.15) is 47.2 Å². The van der Waals surface area contributed by atoms with Crippen molar-refractivity contribution in [3.8, 4) is 11.1 Å². The highest BCUT2D eigenvalue weighted by molar-refractivity contribution is 5.90. The minimum atomic E-state index is -0.847. The quantitative estimate of drug-likeness (QED) is 0.381. The van der Waals surface area contributed by atoms with Crippen molar-refractivity contribution in [2.75, 3.05) is 24.5 Å². The van der Waals surface area contributed by atoms with E-state index in [4.69, 9.17) is 14.2 Å². The molecule has 14 heteroatoms. The van der Waals surface area contributed by atoms with E-state index < -0.39 is 46.9 Å². The van der Waals surface area contributed by atoms with Crippen LogP contribution in [0.4, 0.5) is 24.5 Å². The zero-order valence-corrected chi connectivity index (χ0v) is 26.7. The molecule has 13 nitrogen and oxygen atoms in total. The lowest BCUT2D eigenvalue weighted by molar-refractivity contribution is 0.0248. The van der Waals surface area contributed by atoms with E-state index in [0.717, 1.165) is 0 Å². The van der Waals surface area contributed by atoms with Crippen molar-refractivity contribution in [1.29, 1.82) is 0 Å². The molecule has 3 aliphatic rings. The number of pyridine rings is 1. The molecule has 1 saturated carbocycles. The third kappa shape index (κ3) is 6.20. The van der Waals surface area contributed by atoms with E-state index >= 15 is 4.39 Å². The zero-order chi connectivity index (χ0) is 33.0. The van der Waals surface area contributed by atoms with Gasteiger partial charge in [0.2, 0.25) is 0 Å². The average Bonchev–Trinajstić information content (AvgIpc) is 3.47. The van der Waals surface area contributed by atoms with Crippen LogP contribution >= 0.6 is 0 Å². The molecule has 1 N–H and O–H groups in total. The highest BCUT2D eigenvalue weighted by Crippen LogP contribution is 2.61. The van der Waals surface area contributed by atoms with Gasteiger partial charge in [-0.05, 0) is 65.8 Å². The topological polar surface area (TPSA) is 141 Å². The maximum Gasteiger partial charge on any atom is 0.414 e. The Balaban J connectivity index is 1.19. The number of hydrogen-bond donors (Lipinski definition) is 1. The summed E-state index contributed by atoms with van der Waals surface area (Å²) < 4.78 is 33.6. The Morgan fingerprint density at radius 3 is 2.35 bits per heavy atom. The van der Waals surface area contributed by atoms with Crippen LogP contribution in [0.15, 0.2) is 48.9 Å². The third-order valence-electron chi connectivity index (χ3n) is 8.24. The highest BCUT2D eigenvalue weighted by Gasteiger charge is 2.72. The number of rotatable bonds is 6. The average molecular weight is 636 g/mol. The molecule has 3 atom stereocenters. The van der Waals surface area contributed by atoms with E-state index in [1.54, 1.807) is 67.0 Å². The predicted molar refractivity (Wildman–Crippen MR) is 163 cm³/mol. The van der Waals surface area contributed by atoms with Gasteiger partial charge in [-0.3, -0.25) is 9.88 Å². The Kier molecular flexibility index (Phi) is 7.64. The number of nitrogens with zero attached hydrogens (tertiary/aromatic N) is 6. The van der Waals surface area contributed by atoms with Gasteiger partial charge in [0.15, 0.2) is 0 Å². The van der Waals surface area contributed by atoms with Crippen molar-refractivity contribution in [1.82, 2.24) is 30.2 Å². The Bertz CT molecular complexity index is 1620. The third-order valence-corrected chi connectivity index (χ3v) is 8.24. The van der Waals surface area contributed by atoms with E-state index in [1.165, 1.54) is 17.2 Å². The first-order chi connectivity index (χ1) is 21.6. The van der Waals surface area contributed by atoms with Gasteiger partial charge in [-0.15, -0.1) is 5.10 Å². The van der Waals surface area contributed by atoms with Gasteiger partial charge in [-0.25, -0.2) is 23.5 Å². The molecule has 244 valence electrons. The van der Waals surface area contributed by atoms with Crippen molar-refractivity contribution in [2.24, 2.45) is 11.8 Å². The minimum absolute atomic E-state index is 0.101. The largest absolute Gasteiger partial charge is 0.444 e. The summed E-state index contributed by atoms with van der Waals surface area (Å²) >= 11 is 0. The molecule has 46 heavy (non-hydrogen) atoms. The number of cyclic esters (lactones) is 1. The smallest absolute Gasteiger partial charge is 0.414 e. The van der Waals surface area contributed by atoms with Crippen LogP contribution in [0.25, 0.3) is 11.1 Å². The molecule has 3 aromatic rings. The first-order valence-corrected chi connectivity index (χ1v) is 15.2. The number of nitrogens with one attached hydrogen (secondary N) is 1. The summed E-state index contributed by atoms with van der Waals surface area (Å²) in [7, 11) is 0. The molecular formula is C32H38FN7O6. The zero-order valence-electron chi connectivity index (χ0n) is 26.7. The first-order valence-electron chi connectivity index (χ1n) is 15.2. The molecule has 0 bridgehead atoms. The summed E-state index contributed by atoms with van der Waals surface area (Å²) in [6.45, 7) is 12.2. The van der Waals surface area contributed by atoms with Crippen LogP contribution in [-0.2, 0) is 26.3 Å². The van der Waals surface area contributed by atoms with Gasteiger partial charge in [0.05, 0.1) is 36.2 Å². The lowest BCUT2D eigenvalue weighted by atomic mass is 10.0. The number of benzene rings is 1. The molecule has 3 fully saturated rings. The van der Waals surface area contributed by atoms with Crippen LogP contribution in [0.2, 0.25) is 0 Å². The second-order valence-corrected chi connectivity index (χ2v) is 13.9. The monoisotopic (exact) mass is 635 g/mol. The molecule has 4 heterocycles. The second-order valence-electron chi connectivity index (χ2n) is 13.9. The number of hydrogen-bond acceptors (Lipinski definition) is 9. The van der Waals surface area contributed by atoms with Crippen LogP contribution < -0.4 is 10.2 Å². The van der Waals surface area contributed by atoms with Gasteiger partial charge in [0.1, 0.15) is 23.1 Å². The number of carbonyl (C=O) groups excluding carboxylic acids is 3. The fourth-order valence-corrected chi connectivity index (χ4v) is 6.28. The Hall–Kier alpha value is -4.75. The molecule has 2 unspecified atom stereocenters. The van der Waals surface area contributed by atoms with E-state index in [1.807, 2.05) is 20.8 Å². The number of fused-ring (bicyclic) bond motifs is 1. The fourth-order valence-electron chi connectivity index (χ4n) is 6.28. The van der Waals surface area contributed by atoms with E-state index in [0.29, 0.717) is 42.1 Å². The van der Waals surface area contributed by atoms with Crippen LogP contribution in [0, 0.1) is 17.7 Å². The van der Waals surface area contributed by atoms with Gasteiger partial charge in [0, 0.05) is 48.4 Å². The molecule has 3 amide bonds. The van der Waals surface area contributed by atoms with Crippen molar-refractivity contribution in [2.45, 2.75) is 70.9 Å². The van der Waals surface area contributed by atoms with Crippen LogP contribution in [0.5, 0.6) is 0 Å². The van der Waals surface area contributed by atoms with Crippen molar-refractivity contribution in [3.05, 3.63) is 60.4 Å². The molecule has 2 aliphatic heterocycles. The number of aromatic nitrogens is 4. The number of alkyl carbamates (subject to hydrolysis) is 1. The standard InChI is InChI=1S/C32H38FN7O6/c1-30(2,3)45-27(41)36-32(23-17-38(18-24(23)32)28(42)46-31(4,5)6)26-10-7-19(14-34-26)22-9-8-20(13-25(22)33)40-16-21(44-29(40)43)15-39-12-11-35-37-39/h7-14,21,23-24H,15-18H2,1-6H3,(H,36,41)/t21-,23?,24?,32?/m0/s1. The molecule has 0 radical (unpaired) electrons. The van der Waals surface area contributed by atoms with Crippen molar-refractivity contribution < 1.29 is 33.0 Å². The number of halogens is 1. The van der Waals surface area contributed by atoms with E-state index in [-0.39, 0.29) is 18.4 Å². The SMILES string of the molecule is CC(C)(C)OC(=O)NC1(c2ccc(-c3ccc(N4C[C@H](Cn5ccnn5)OC4=O)cc3F)cn2)C2CN(C(=O)OC(C)(C)C)CC21. The normalized spacial score (nSPS) is 24.0. The highest BCUT2D eigenvalue weighted by atomic mass is 19.1. The van der Waals surface area contributed by atoms with E-state index in [9.17, 15) is 14.4 Å². The lowest BCUT2D eigenvalue weighted by Crippen LogP contribution is -2.47. The molecule has 6 rings (SSSR count). The van der Waals surface area contributed by atoms with Gasteiger partial charge in [-0.1, -0.05) is 11.3 Å². The molecular weight excluding hydrogens is 597 g/mol. The van der Waals surface area contributed by atoms with Gasteiger partial charge < -0.3 is 24.4 Å². The lowest BCUT2D eigenvalue weighted by Gasteiger charge is -2.30. The fraction of sp³-hybridized carbons (Fsp3) is 0.500. The number of anilines is 1. The number of ether oxygens (including phenoxy) is 3. The maximum atomic E-state index is 15.5. The summed E-state index contributed by atoms with van der Waals surface area (Å²) in [5, 5.41) is 10.7. The Morgan fingerprint density at radius 1 is 1.04 bits per heavy atom. The van der Waals surface area contributed by atoms with Crippen LogP contribution in [-0.4, -0.2) is 80.1 Å². The molecule has 1 aliphatic carbocycles. The summed E-state index contributed by atoms with van der Waals surface area (Å²) in [5.41, 5.74) is -0.387. The second kappa shape index (κ2) is 11.2. The Labute approximate surface area is 266 Å². The predicted octanol–water partition coefficient (Wildman–Crippen LogP) is 4.72. The summed E-state index contributed by atoms with van der Waals surface area (Å²) in [5.74, 6) is -0.733. The number of piperidine rings is 1. The van der Waals surface area contributed by atoms with Gasteiger partial charge in [0.25, 0.3) is 0 Å². The van der Waals surface area contributed by atoms with Crippen LogP contribution in [0.3, 0.4) is 0 Å². The first kappa shape index (κ1) is 31.2. The number of likely N-dealkylation sites (tertiary alicyclic amines) is 1. The Morgan fingerprint density at radius 2 is 1.76 bits per heavy atom. The summed E-state index contributed by atoms with van der Waals surface area (Å²) in [6.07, 6.45) is 2.78. The summed E-state index contributed by atoms with van der Waals surface area (Å²) in [4.78, 5) is 45.9. The molecule has 2 saturated heterocycles. The van der Waals surface area contributed by atoms with Gasteiger partial charge >= 0.3 is 18.3 Å². The minimum Gasteiger partial charge on any atom is -0.444 e. The number of carbonyl (C=O) groups is 3.